The van der Waals surface area contributed by atoms with Gasteiger partial charge in [0.25, 0.3) is 0 Å². The first-order valence-corrected chi connectivity index (χ1v) is 12.4. The van der Waals surface area contributed by atoms with Gasteiger partial charge >= 0.3 is 0 Å². The zero-order chi connectivity index (χ0) is 24.2. The Hall–Kier alpha value is -1.95. The molecule has 0 spiro atoms. The normalized spacial score (nSPS) is 11.7. The minimum absolute atomic E-state index is 0.113. The zero-order valence-corrected chi connectivity index (χ0v) is 21.3. The summed E-state index contributed by atoms with van der Waals surface area (Å²) in [4.78, 5) is 27.7. The highest BCUT2D eigenvalue weighted by atomic mass is 35.5. The van der Waals surface area contributed by atoms with Gasteiger partial charge in [-0.25, -0.2) is 0 Å². The topological polar surface area (TPSA) is 58.6 Å². The summed E-state index contributed by atoms with van der Waals surface area (Å²) in [5.41, 5.74) is 0.815. The van der Waals surface area contributed by atoms with Crippen LogP contribution in [-0.4, -0.2) is 35.9 Å². The van der Waals surface area contributed by atoms with Crippen molar-refractivity contribution in [2.45, 2.75) is 58.5 Å². The number of benzene rings is 2. The highest BCUT2D eigenvalue weighted by Crippen LogP contribution is 2.24. The third-order valence-electron chi connectivity index (χ3n) is 5.17. The monoisotopic (exact) mass is 512 g/mol. The third kappa shape index (κ3) is 9.07. The largest absolute Gasteiger partial charge is 0.494 e. The lowest BCUT2D eigenvalue weighted by Gasteiger charge is -2.31. The molecule has 0 saturated heterocycles. The van der Waals surface area contributed by atoms with Crippen molar-refractivity contribution < 1.29 is 14.3 Å². The van der Waals surface area contributed by atoms with Crippen molar-refractivity contribution in [1.29, 1.82) is 0 Å². The second-order valence-electron chi connectivity index (χ2n) is 7.74. The summed E-state index contributed by atoms with van der Waals surface area (Å²) in [7, 11) is 0. The number of unbranched alkanes of at least 4 members (excludes halogenated alkanes) is 1. The highest BCUT2D eigenvalue weighted by molar-refractivity contribution is 6.42. The number of ether oxygens (including phenoxy) is 1. The van der Waals surface area contributed by atoms with E-state index in [9.17, 15) is 9.59 Å². The van der Waals surface area contributed by atoms with Crippen molar-refractivity contribution in [3.05, 3.63) is 63.1 Å². The van der Waals surface area contributed by atoms with E-state index >= 15 is 0 Å². The van der Waals surface area contributed by atoms with Gasteiger partial charge in [0.1, 0.15) is 11.8 Å². The van der Waals surface area contributed by atoms with E-state index in [1.165, 1.54) is 0 Å². The van der Waals surface area contributed by atoms with Crippen molar-refractivity contribution in [3.8, 4) is 5.75 Å². The molecule has 0 aromatic heterocycles. The van der Waals surface area contributed by atoms with Crippen molar-refractivity contribution in [1.82, 2.24) is 10.2 Å². The molecule has 180 valence electrons. The van der Waals surface area contributed by atoms with Crippen LogP contribution in [-0.2, 0) is 16.1 Å². The first-order chi connectivity index (χ1) is 15.8. The Morgan fingerprint density at radius 2 is 1.73 bits per heavy atom. The van der Waals surface area contributed by atoms with E-state index in [0.29, 0.717) is 46.8 Å². The highest BCUT2D eigenvalue weighted by Gasteiger charge is 2.28. The summed E-state index contributed by atoms with van der Waals surface area (Å²) in [6.45, 7) is 5.22. The predicted molar refractivity (Wildman–Crippen MR) is 135 cm³/mol. The first kappa shape index (κ1) is 27.3. The Bertz CT molecular complexity index is 906. The molecule has 5 nitrogen and oxygen atoms in total. The SMILES string of the molecule is CCCCNC(=O)[C@@H](CC)N(Cc1ccc(Cl)c(Cl)c1)C(=O)CCCOc1ccc(Cl)cc1. The molecule has 8 heteroatoms. The lowest BCUT2D eigenvalue weighted by Crippen LogP contribution is -2.49. The number of rotatable bonds is 13. The van der Waals surface area contributed by atoms with Crippen LogP contribution < -0.4 is 10.1 Å². The molecule has 1 N–H and O–H groups in total. The summed E-state index contributed by atoms with van der Waals surface area (Å²) in [6, 6.07) is 11.8. The molecule has 0 saturated carbocycles. The fraction of sp³-hybridized carbons (Fsp3) is 0.440. The molecule has 2 aromatic rings. The van der Waals surface area contributed by atoms with Crippen molar-refractivity contribution in [3.63, 3.8) is 0 Å². The third-order valence-corrected chi connectivity index (χ3v) is 6.16. The zero-order valence-electron chi connectivity index (χ0n) is 19.1. The molecule has 0 aliphatic carbocycles. The molecular formula is C25H31Cl3N2O3. The summed E-state index contributed by atoms with van der Waals surface area (Å²) < 4.78 is 5.70. The maximum atomic E-state index is 13.2. The van der Waals surface area contributed by atoms with Crippen LogP contribution in [0.1, 0.15) is 51.5 Å². The van der Waals surface area contributed by atoms with E-state index in [1.54, 1.807) is 41.3 Å². The second kappa shape index (κ2) is 14.3. The van der Waals surface area contributed by atoms with Gasteiger partial charge in [0.05, 0.1) is 16.7 Å². The van der Waals surface area contributed by atoms with E-state index in [2.05, 4.69) is 12.2 Å². The van der Waals surface area contributed by atoms with Gasteiger partial charge in [-0.05, 0) is 61.2 Å². The van der Waals surface area contributed by atoms with Gasteiger partial charge in [0, 0.05) is 24.5 Å². The smallest absolute Gasteiger partial charge is 0.242 e. The lowest BCUT2D eigenvalue weighted by atomic mass is 10.1. The van der Waals surface area contributed by atoms with Crippen molar-refractivity contribution in [2.75, 3.05) is 13.2 Å². The van der Waals surface area contributed by atoms with Crippen LogP contribution in [0.2, 0.25) is 15.1 Å². The maximum absolute atomic E-state index is 13.2. The summed E-state index contributed by atoms with van der Waals surface area (Å²) in [5.74, 6) is 0.441. The molecule has 0 aliphatic rings. The Kier molecular flexibility index (Phi) is 11.9. The van der Waals surface area contributed by atoms with E-state index in [-0.39, 0.29) is 24.8 Å². The molecule has 33 heavy (non-hydrogen) atoms. The molecule has 0 radical (unpaired) electrons. The molecule has 2 rings (SSSR count). The number of nitrogens with zero attached hydrogens (tertiary/aromatic N) is 1. The quantitative estimate of drug-likeness (QED) is 0.310. The van der Waals surface area contributed by atoms with Gasteiger partial charge in [-0.1, -0.05) is 61.1 Å². The minimum Gasteiger partial charge on any atom is -0.494 e. The summed E-state index contributed by atoms with van der Waals surface area (Å²) >= 11 is 18.1. The van der Waals surface area contributed by atoms with Crippen LogP contribution in [0.4, 0.5) is 0 Å². The molecule has 0 heterocycles. The number of carbonyl (C=O) groups excluding carboxylic acids is 2. The Labute approximate surface area is 211 Å². The predicted octanol–water partition coefficient (Wildman–Crippen LogP) is 6.53. The van der Waals surface area contributed by atoms with Gasteiger partial charge in [-0.3, -0.25) is 9.59 Å². The summed E-state index contributed by atoms with van der Waals surface area (Å²) in [6.07, 6.45) is 3.16. The lowest BCUT2D eigenvalue weighted by molar-refractivity contribution is -0.141. The Balaban J connectivity index is 2.06. The van der Waals surface area contributed by atoms with Gasteiger partial charge in [-0.2, -0.15) is 0 Å². The Morgan fingerprint density at radius 1 is 1.00 bits per heavy atom. The van der Waals surface area contributed by atoms with E-state index in [0.717, 1.165) is 18.4 Å². The number of carbonyl (C=O) groups is 2. The van der Waals surface area contributed by atoms with Gasteiger partial charge in [0.2, 0.25) is 11.8 Å². The molecule has 0 unspecified atom stereocenters. The average Bonchev–Trinajstić information content (AvgIpc) is 2.80. The van der Waals surface area contributed by atoms with Crippen molar-refractivity contribution >= 4 is 46.6 Å². The average molecular weight is 514 g/mol. The van der Waals surface area contributed by atoms with Crippen LogP contribution in [0, 0.1) is 0 Å². The molecule has 2 aromatic carbocycles. The molecule has 0 fully saturated rings. The number of halogens is 3. The van der Waals surface area contributed by atoms with Crippen LogP contribution in [0.5, 0.6) is 5.75 Å². The number of hydrogen-bond donors (Lipinski definition) is 1. The number of amides is 2. The molecular weight excluding hydrogens is 483 g/mol. The summed E-state index contributed by atoms with van der Waals surface area (Å²) in [5, 5.41) is 4.45. The Morgan fingerprint density at radius 3 is 2.36 bits per heavy atom. The van der Waals surface area contributed by atoms with E-state index in [4.69, 9.17) is 39.5 Å². The van der Waals surface area contributed by atoms with E-state index in [1.807, 2.05) is 13.0 Å². The first-order valence-electron chi connectivity index (χ1n) is 11.2. The van der Waals surface area contributed by atoms with Crippen molar-refractivity contribution in [2.24, 2.45) is 0 Å². The standard InChI is InChI=1S/C25H31Cl3N2O3/c1-3-5-14-29-25(32)23(4-2)30(17-18-8-13-21(27)22(28)16-18)24(31)7-6-15-33-20-11-9-19(26)10-12-20/h8-13,16,23H,3-7,14-15,17H2,1-2H3,(H,29,32)/t23-/m1/s1. The van der Waals surface area contributed by atoms with Gasteiger partial charge in [0.15, 0.2) is 0 Å². The number of hydrogen-bond acceptors (Lipinski definition) is 3. The molecule has 2 amide bonds. The maximum Gasteiger partial charge on any atom is 0.242 e. The van der Waals surface area contributed by atoms with Gasteiger partial charge < -0.3 is 15.0 Å². The van der Waals surface area contributed by atoms with Crippen LogP contribution in [0.3, 0.4) is 0 Å². The molecule has 1 atom stereocenters. The minimum atomic E-state index is -0.569. The molecule has 0 aliphatic heterocycles. The number of nitrogens with one attached hydrogen (secondary N) is 1. The van der Waals surface area contributed by atoms with E-state index < -0.39 is 6.04 Å². The fourth-order valence-electron chi connectivity index (χ4n) is 3.35. The fourth-order valence-corrected chi connectivity index (χ4v) is 3.79. The van der Waals surface area contributed by atoms with Gasteiger partial charge in [-0.15, -0.1) is 0 Å². The second-order valence-corrected chi connectivity index (χ2v) is 9.00. The van der Waals surface area contributed by atoms with Crippen LogP contribution >= 0.6 is 34.8 Å². The van der Waals surface area contributed by atoms with Crippen LogP contribution in [0.15, 0.2) is 42.5 Å². The van der Waals surface area contributed by atoms with Crippen LogP contribution in [0.25, 0.3) is 0 Å². The molecule has 0 bridgehead atoms.